The van der Waals surface area contributed by atoms with Gasteiger partial charge in [-0.3, -0.25) is 4.79 Å². The second-order valence-corrected chi connectivity index (χ2v) is 6.50. The van der Waals surface area contributed by atoms with Crippen molar-refractivity contribution in [3.8, 4) is 5.69 Å². The Morgan fingerprint density at radius 3 is 2.46 bits per heavy atom. The Morgan fingerprint density at radius 1 is 1.07 bits per heavy atom. The van der Waals surface area contributed by atoms with Crippen molar-refractivity contribution in [2.24, 2.45) is 10.1 Å². The summed E-state index contributed by atoms with van der Waals surface area (Å²) >= 11 is 6.56. The number of nitrogens with zero attached hydrogens (tertiary/aromatic N) is 4. The van der Waals surface area contributed by atoms with E-state index in [4.69, 9.17) is 11.6 Å². The van der Waals surface area contributed by atoms with Gasteiger partial charge in [-0.2, -0.15) is 10.2 Å². The molecule has 6 nitrogen and oxygen atoms in total. The van der Waals surface area contributed by atoms with Crippen LogP contribution in [0.1, 0.15) is 16.8 Å². The lowest BCUT2D eigenvalue weighted by atomic mass is 10.1. The minimum Gasteiger partial charge on any atom is -0.267 e. The van der Waals surface area contributed by atoms with Crippen molar-refractivity contribution in [2.45, 2.75) is 6.92 Å². The maximum absolute atomic E-state index is 12.3. The van der Waals surface area contributed by atoms with E-state index in [0.29, 0.717) is 27.8 Å². The highest BCUT2D eigenvalue weighted by Gasteiger charge is 2.24. The van der Waals surface area contributed by atoms with Crippen LogP contribution in [0.3, 0.4) is 0 Å². The molecule has 28 heavy (non-hydrogen) atoms. The van der Waals surface area contributed by atoms with E-state index in [9.17, 15) is 4.79 Å². The third-order valence-electron chi connectivity index (χ3n) is 4.22. The van der Waals surface area contributed by atoms with Gasteiger partial charge >= 0.3 is 0 Å². The van der Waals surface area contributed by atoms with E-state index in [0.717, 1.165) is 11.3 Å². The molecular weight excluding hydrogens is 374 g/mol. The molecule has 1 aliphatic rings. The lowest BCUT2D eigenvalue weighted by Gasteiger charge is -2.02. The van der Waals surface area contributed by atoms with E-state index in [1.807, 2.05) is 67.6 Å². The predicted molar refractivity (Wildman–Crippen MR) is 111 cm³/mol. The van der Waals surface area contributed by atoms with Gasteiger partial charge in [0.25, 0.3) is 5.91 Å². The van der Waals surface area contributed by atoms with Crippen LogP contribution in [0.4, 0.5) is 0 Å². The fraction of sp³-hybridized carbons (Fsp3) is 0.0476. The number of carbonyl (C=O) groups excluding carboxylic acids is 1. The maximum Gasteiger partial charge on any atom is 0.275 e. The van der Waals surface area contributed by atoms with E-state index in [2.05, 4.69) is 20.6 Å². The molecule has 2 aromatic carbocycles. The summed E-state index contributed by atoms with van der Waals surface area (Å²) in [6.07, 6.45) is 3.34. The predicted octanol–water partition coefficient (Wildman–Crippen LogP) is 3.78. The molecule has 0 saturated heterocycles. The van der Waals surface area contributed by atoms with Gasteiger partial charge in [0, 0.05) is 11.8 Å². The van der Waals surface area contributed by atoms with Gasteiger partial charge in [0.15, 0.2) is 5.84 Å². The van der Waals surface area contributed by atoms with E-state index in [1.165, 1.54) is 0 Å². The van der Waals surface area contributed by atoms with Gasteiger partial charge < -0.3 is 0 Å². The number of aliphatic imine (C=N–C) groups is 1. The van der Waals surface area contributed by atoms with E-state index < -0.39 is 0 Å². The molecule has 0 unspecified atom stereocenters. The fourth-order valence-electron chi connectivity index (χ4n) is 2.79. The molecular formula is C21H16ClN5O. The molecule has 1 aromatic heterocycles. The summed E-state index contributed by atoms with van der Waals surface area (Å²) in [4.78, 5) is 16.6. The largest absolute Gasteiger partial charge is 0.275 e. The summed E-state index contributed by atoms with van der Waals surface area (Å²) in [5.41, 5.74) is 5.89. The SMILES string of the molecule is Cc1nn(-c2ccccc2)c(Cl)c1/C=C1\C(=O)NN=C1N=Cc1ccccc1. The zero-order valence-electron chi connectivity index (χ0n) is 15.0. The van der Waals surface area contributed by atoms with E-state index in [-0.39, 0.29) is 5.91 Å². The van der Waals surface area contributed by atoms with Crippen molar-refractivity contribution in [1.29, 1.82) is 0 Å². The highest BCUT2D eigenvalue weighted by Crippen LogP contribution is 2.26. The van der Waals surface area contributed by atoms with Gasteiger partial charge in [-0.1, -0.05) is 60.1 Å². The summed E-state index contributed by atoms with van der Waals surface area (Å²) in [6, 6.07) is 19.2. The molecule has 0 bridgehead atoms. The number of carbonyl (C=O) groups is 1. The lowest BCUT2D eigenvalue weighted by Crippen LogP contribution is -2.12. The number of hydrazone groups is 1. The second kappa shape index (κ2) is 7.62. The van der Waals surface area contributed by atoms with Gasteiger partial charge in [0.2, 0.25) is 0 Å². The van der Waals surface area contributed by atoms with Crippen LogP contribution < -0.4 is 5.43 Å². The van der Waals surface area contributed by atoms with Crippen LogP contribution in [0.15, 0.2) is 76.3 Å². The zero-order chi connectivity index (χ0) is 19.5. The number of para-hydroxylation sites is 1. The Labute approximate surface area is 166 Å². The van der Waals surface area contributed by atoms with Crippen LogP contribution in [0.5, 0.6) is 0 Å². The van der Waals surface area contributed by atoms with Crippen molar-refractivity contribution in [3.05, 3.63) is 88.2 Å². The first-order valence-corrected chi connectivity index (χ1v) is 9.01. The molecule has 1 N–H and O–H groups in total. The number of amidine groups is 1. The summed E-state index contributed by atoms with van der Waals surface area (Å²) in [6.45, 7) is 1.84. The molecule has 2 heterocycles. The van der Waals surface area contributed by atoms with Crippen LogP contribution in [0.2, 0.25) is 5.15 Å². The normalized spacial score (nSPS) is 15.3. The number of aromatic nitrogens is 2. The number of benzene rings is 2. The van der Waals surface area contributed by atoms with Gasteiger partial charge in [0.05, 0.1) is 17.0 Å². The first kappa shape index (κ1) is 17.9. The minimum atomic E-state index is -0.330. The minimum absolute atomic E-state index is 0.303. The third kappa shape index (κ3) is 3.50. The number of nitrogens with one attached hydrogen (secondary N) is 1. The van der Waals surface area contributed by atoms with Crippen molar-refractivity contribution >= 4 is 35.6 Å². The van der Waals surface area contributed by atoms with Crippen molar-refractivity contribution < 1.29 is 4.79 Å². The summed E-state index contributed by atoms with van der Waals surface area (Å²) in [5.74, 6) is -0.0279. The van der Waals surface area contributed by atoms with Crippen LogP contribution in [-0.2, 0) is 4.79 Å². The highest BCUT2D eigenvalue weighted by atomic mass is 35.5. The quantitative estimate of drug-likeness (QED) is 0.547. The van der Waals surface area contributed by atoms with Gasteiger partial charge in [-0.15, -0.1) is 0 Å². The molecule has 138 valence electrons. The molecule has 0 saturated carbocycles. The number of halogens is 1. The smallest absolute Gasteiger partial charge is 0.267 e. The molecule has 3 aromatic rings. The number of hydrogen-bond donors (Lipinski definition) is 1. The van der Waals surface area contributed by atoms with Crippen LogP contribution >= 0.6 is 11.6 Å². The third-order valence-corrected chi connectivity index (χ3v) is 4.59. The Hall–Kier alpha value is -3.51. The van der Waals surface area contributed by atoms with Crippen molar-refractivity contribution in [3.63, 3.8) is 0 Å². The van der Waals surface area contributed by atoms with E-state index >= 15 is 0 Å². The molecule has 1 aliphatic heterocycles. The van der Waals surface area contributed by atoms with Crippen LogP contribution in [-0.4, -0.2) is 27.7 Å². The molecule has 0 atom stereocenters. The molecule has 0 fully saturated rings. The Bertz CT molecular complexity index is 1110. The number of amides is 1. The number of rotatable bonds is 3. The first-order chi connectivity index (χ1) is 13.6. The second-order valence-electron chi connectivity index (χ2n) is 6.14. The molecule has 1 amide bonds. The Morgan fingerprint density at radius 2 is 1.75 bits per heavy atom. The molecule has 7 heteroatoms. The summed E-state index contributed by atoms with van der Waals surface area (Å²) < 4.78 is 1.64. The van der Waals surface area contributed by atoms with E-state index in [1.54, 1.807) is 17.0 Å². The Kier molecular flexibility index (Phi) is 4.87. The monoisotopic (exact) mass is 389 g/mol. The molecule has 4 rings (SSSR count). The number of hydrogen-bond acceptors (Lipinski definition) is 4. The first-order valence-electron chi connectivity index (χ1n) is 8.63. The molecule has 0 radical (unpaired) electrons. The lowest BCUT2D eigenvalue weighted by molar-refractivity contribution is -0.116. The molecule has 0 aliphatic carbocycles. The molecule has 0 spiro atoms. The fourth-order valence-corrected chi connectivity index (χ4v) is 3.12. The van der Waals surface area contributed by atoms with Gasteiger partial charge in [-0.05, 0) is 30.7 Å². The van der Waals surface area contributed by atoms with Crippen LogP contribution in [0.25, 0.3) is 11.8 Å². The number of aryl methyl sites for hydroxylation is 1. The maximum atomic E-state index is 12.3. The topological polar surface area (TPSA) is 71.6 Å². The summed E-state index contributed by atoms with van der Waals surface area (Å²) in [5, 5.41) is 8.93. The van der Waals surface area contributed by atoms with Gasteiger partial charge in [0.1, 0.15) is 5.15 Å². The Balaban J connectivity index is 1.69. The summed E-state index contributed by atoms with van der Waals surface area (Å²) in [7, 11) is 0. The standard InChI is InChI=1S/C21H16ClN5O/c1-14-17(19(22)27(26-14)16-10-6-3-7-11-16)12-18-20(24-25-21(18)28)23-13-15-8-4-2-5-9-15/h2-13H,1H3,(H,25,28)/b18-12-,23-13?. The van der Waals surface area contributed by atoms with Crippen LogP contribution in [0, 0.1) is 6.92 Å². The van der Waals surface area contributed by atoms with Crippen molar-refractivity contribution in [1.82, 2.24) is 15.2 Å². The average Bonchev–Trinajstić information content (AvgIpc) is 3.22. The van der Waals surface area contributed by atoms with Crippen molar-refractivity contribution in [2.75, 3.05) is 0 Å². The zero-order valence-corrected chi connectivity index (χ0v) is 15.8. The highest BCUT2D eigenvalue weighted by molar-refractivity contribution is 6.33. The average molecular weight is 390 g/mol. The van der Waals surface area contributed by atoms with Gasteiger partial charge in [-0.25, -0.2) is 15.1 Å².